The fourth-order valence-corrected chi connectivity index (χ4v) is 2.21. The molecule has 1 aliphatic rings. The maximum atomic E-state index is 9.22. The first kappa shape index (κ1) is 11.5. The van der Waals surface area contributed by atoms with Crippen LogP contribution in [0, 0.1) is 5.92 Å². The quantitative estimate of drug-likeness (QED) is 0.788. The second kappa shape index (κ2) is 4.47. The molecule has 0 saturated heterocycles. The first-order chi connectivity index (χ1) is 7.56. The van der Waals surface area contributed by atoms with Gasteiger partial charge in [-0.15, -0.1) is 0 Å². The topological polar surface area (TPSA) is 62.4 Å². The van der Waals surface area contributed by atoms with Crippen molar-refractivity contribution in [3.63, 3.8) is 0 Å². The van der Waals surface area contributed by atoms with Crippen LogP contribution < -0.4 is 10.6 Å². The standard InChI is InChI=1S/C11H16ClN3O/c1-15(6-7-4-8(16)5-7)11-9(13)2-3-10(12)14-11/h2-3,7-8,16H,4-6,13H2,1H3. The monoisotopic (exact) mass is 241 g/mol. The molecule has 1 aliphatic carbocycles. The van der Waals surface area contributed by atoms with E-state index >= 15 is 0 Å². The third kappa shape index (κ3) is 2.39. The van der Waals surface area contributed by atoms with Crippen molar-refractivity contribution in [2.24, 2.45) is 5.92 Å². The molecule has 1 heterocycles. The Morgan fingerprint density at radius 2 is 2.25 bits per heavy atom. The van der Waals surface area contributed by atoms with E-state index in [4.69, 9.17) is 17.3 Å². The van der Waals surface area contributed by atoms with E-state index in [0.717, 1.165) is 19.4 Å². The summed E-state index contributed by atoms with van der Waals surface area (Å²) >= 11 is 5.84. The van der Waals surface area contributed by atoms with Crippen LogP contribution >= 0.6 is 11.6 Å². The molecule has 1 aromatic heterocycles. The van der Waals surface area contributed by atoms with Crippen LogP contribution in [-0.4, -0.2) is 29.8 Å². The molecule has 16 heavy (non-hydrogen) atoms. The van der Waals surface area contributed by atoms with Crippen LogP contribution in [0.2, 0.25) is 5.15 Å². The number of aromatic nitrogens is 1. The molecule has 2 rings (SSSR count). The first-order valence-electron chi connectivity index (χ1n) is 5.37. The molecular formula is C11H16ClN3O. The summed E-state index contributed by atoms with van der Waals surface area (Å²) in [6, 6.07) is 3.44. The van der Waals surface area contributed by atoms with E-state index < -0.39 is 0 Å². The van der Waals surface area contributed by atoms with E-state index in [0.29, 0.717) is 22.6 Å². The number of halogens is 1. The van der Waals surface area contributed by atoms with E-state index in [2.05, 4.69) is 4.98 Å². The molecule has 0 spiro atoms. The van der Waals surface area contributed by atoms with E-state index in [-0.39, 0.29) is 6.10 Å². The van der Waals surface area contributed by atoms with Crippen LogP contribution in [0.3, 0.4) is 0 Å². The molecule has 0 unspecified atom stereocenters. The number of aliphatic hydroxyl groups is 1. The SMILES string of the molecule is CN(CC1CC(O)C1)c1nc(Cl)ccc1N. The van der Waals surface area contributed by atoms with Crippen molar-refractivity contribution in [2.45, 2.75) is 18.9 Å². The van der Waals surface area contributed by atoms with Gasteiger partial charge >= 0.3 is 0 Å². The Morgan fingerprint density at radius 3 is 2.88 bits per heavy atom. The summed E-state index contributed by atoms with van der Waals surface area (Å²) in [5, 5.41) is 9.67. The van der Waals surface area contributed by atoms with Gasteiger partial charge in [0.1, 0.15) is 5.15 Å². The molecule has 3 N–H and O–H groups in total. The predicted molar refractivity (Wildman–Crippen MR) is 65.7 cm³/mol. The van der Waals surface area contributed by atoms with Gasteiger partial charge in [0.2, 0.25) is 0 Å². The highest BCUT2D eigenvalue weighted by molar-refractivity contribution is 6.29. The van der Waals surface area contributed by atoms with Gasteiger partial charge in [0, 0.05) is 13.6 Å². The summed E-state index contributed by atoms with van der Waals surface area (Å²) in [4.78, 5) is 6.20. The van der Waals surface area contributed by atoms with Crippen LogP contribution in [-0.2, 0) is 0 Å². The molecule has 5 heteroatoms. The van der Waals surface area contributed by atoms with Crippen molar-refractivity contribution < 1.29 is 5.11 Å². The largest absolute Gasteiger partial charge is 0.396 e. The average Bonchev–Trinajstić information content (AvgIpc) is 2.19. The van der Waals surface area contributed by atoms with E-state index in [1.807, 2.05) is 11.9 Å². The summed E-state index contributed by atoms with van der Waals surface area (Å²) in [7, 11) is 1.94. The molecule has 1 saturated carbocycles. The summed E-state index contributed by atoms with van der Waals surface area (Å²) < 4.78 is 0. The molecule has 0 radical (unpaired) electrons. The molecule has 4 nitrogen and oxygen atoms in total. The Labute approximate surface area is 100 Å². The van der Waals surface area contributed by atoms with Crippen molar-refractivity contribution in [1.82, 2.24) is 4.98 Å². The summed E-state index contributed by atoms with van der Waals surface area (Å²) in [6.45, 7) is 0.856. The smallest absolute Gasteiger partial charge is 0.153 e. The summed E-state index contributed by atoms with van der Waals surface area (Å²) in [5.41, 5.74) is 6.47. The zero-order valence-corrected chi connectivity index (χ0v) is 9.98. The van der Waals surface area contributed by atoms with Gasteiger partial charge in [-0.2, -0.15) is 0 Å². The van der Waals surface area contributed by atoms with Gasteiger partial charge in [0.25, 0.3) is 0 Å². The number of nitrogens with zero attached hydrogens (tertiary/aromatic N) is 2. The number of aliphatic hydroxyl groups excluding tert-OH is 1. The molecule has 1 aromatic rings. The van der Waals surface area contributed by atoms with Crippen LogP contribution in [0.1, 0.15) is 12.8 Å². The van der Waals surface area contributed by atoms with Crippen molar-refractivity contribution in [3.05, 3.63) is 17.3 Å². The Balaban J connectivity index is 2.02. The lowest BCUT2D eigenvalue weighted by molar-refractivity contribution is 0.0464. The molecular weight excluding hydrogens is 226 g/mol. The maximum Gasteiger partial charge on any atom is 0.153 e. The number of nitrogens with two attached hydrogens (primary N) is 1. The number of pyridine rings is 1. The first-order valence-corrected chi connectivity index (χ1v) is 5.75. The number of hydrogen-bond acceptors (Lipinski definition) is 4. The van der Waals surface area contributed by atoms with E-state index in [1.54, 1.807) is 12.1 Å². The third-order valence-electron chi connectivity index (χ3n) is 2.98. The predicted octanol–water partition coefficient (Wildman–Crippen LogP) is 1.52. The number of nitrogen functional groups attached to an aromatic ring is 1. The zero-order valence-electron chi connectivity index (χ0n) is 9.23. The highest BCUT2D eigenvalue weighted by atomic mass is 35.5. The van der Waals surface area contributed by atoms with E-state index in [1.165, 1.54) is 0 Å². The highest BCUT2D eigenvalue weighted by Crippen LogP contribution is 2.30. The number of anilines is 2. The second-order valence-electron chi connectivity index (χ2n) is 4.42. The number of hydrogen-bond donors (Lipinski definition) is 2. The van der Waals surface area contributed by atoms with Gasteiger partial charge in [0.05, 0.1) is 11.8 Å². The lowest BCUT2D eigenvalue weighted by Gasteiger charge is -2.35. The number of rotatable bonds is 3. The van der Waals surface area contributed by atoms with Crippen molar-refractivity contribution >= 4 is 23.1 Å². The van der Waals surface area contributed by atoms with Crippen LogP contribution in [0.5, 0.6) is 0 Å². The Bertz CT molecular complexity index is 379. The highest BCUT2D eigenvalue weighted by Gasteiger charge is 2.28. The van der Waals surface area contributed by atoms with Gasteiger partial charge in [0.15, 0.2) is 5.82 Å². The minimum absolute atomic E-state index is 0.122. The summed E-state index contributed by atoms with van der Waals surface area (Å²) in [5.74, 6) is 1.24. The second-order valence-corrected chi connectivity index (χ2v) is 4.81. The van der Waals surface area contributed by atoms with Crippen LogP contribution in [0.25, 0.3) is 0 Å². The fraction of sp³-hybridized carbons (Fsp3) is 0.545. The van der Waals surface area contributed by atoms with Crippen molar-refractivity contribution in [1.29, 1.82) is 0 Å². The molecule has 1 fully saturated rings. The molecule has 88 valence electrons. The third-order valence-corrected chi connectivity index (χ3v) is 3.19. The Kier molecular flexibility index (Phi) is 3.21. The molecule has 0 amide bonds. The Hall–Kier alpha value is -1.00. The molecule has 0 aromatic carbocycles. The van der Waals surface area contributed by atoms with Gasteiger partial charge in [-0.1, -0.05) is 11.6 Å². The van der Waals surface area contributed by atoms with Crippen LogP contribution in [0.4, 0.5) is 11.5 Å². The molecule has 0 bridgehead atoms. The van der Waals surface area contributed by atoms with Gasteiger partial charge in [-0.05, 0) is 30.9 Å². The van der Waals surface area contributed by atoms with Gasteiger partial charge in [-0.25, -0.2) is 4.98 Å². The lowest BCUT2D eigenvalue weighted by atomic mass is 9.82. The van der Waals surface area contributed by atoms with Gasteiger partial charge in [-0.3, -0.25) is 0 Å². The molecule has 0 aliphatic heterocycles. The van der Waals surface area contributed by atoms with Crippen molar-refractivity contribution in [2.75, 3.05) is 24.2 Å². The van der Waals surface area contributed by atoms with Crippen molar-refractivity contribution in [3.8, 4) is 0 Å². The van der Waals surface area contributed by atoms with E-state index in [9.17, 15) is 5.11 Å². The van der Waals surface area contributed by atoms with Crippen LogP contribution in [0.15, 0.2) is 12.1 Å². The average molecular weight is 242 g/mol. The lowest BCUT2D eigenvalue weighted by Crippen LogP contribution is -2.37. The Morgan fingerprint density at radius 1 is 1.56 bits per heavy atom. The molecule has 0 atom stereocenters. The fourth-order valence-electron chi connectivity index (χ4n) is 2.07. The zero-order chi connectivity index (χ0) is 11.7. The minimum Gasteiger partial charge on any atom is -0.396 e. The maximum absolute atomic E-state index is 9.22. The summed E-state index contributed by atoms with van der Waals surface area (Å²) in [6.07, 6.45) is 1.61. The normalized spacial score (nSPS) is 23.9. The van der Waals surface area contributed by atoms with Gasteiger partial charge < -0.3 is 15.7 Å². The minimum atomic E-state index is -0.122.